The van der Waals surface area contributed by atoms with Crippen LogP contribution in [0.3, 0.4) is 0 Å². The van der Waals surface area contributed by atoms with E-state index in [1.54, 1.807) is 24.3 Å². The topological polar surface area (TPSA) is 57.8 Å². The number of H-pyrrole nitrogens is 1. The Labute approximate surface area is 148 Å². The van der Waals surface area contributed by atoms with E-state index in [4.69, 9.17) is 11.6 Å². The SMILES string of the molecule is O=C(CSc1nc2ccc(Cl)cc2[nH]1)Nc1ccc(Br)cc1F. The molecule has 0 aliphatic rings. The van der Waals surface area contributed by atoms with Gasteiger partial charge in [0.2, 0.25) is 5.91 Å². The number of hydrogen-bond acceptors (Lipinski definition) is 3. The van der Waals surface area contributed by atoms with E-state index < -0.39 is 5.82 Å². The smallest absolute Gasteiger partial charge is 0.234 e. The second-order valence-corrected chi connectivity index (χ2v) is 6.98. The summed E-state index contributed by atoms with van der Waals surface area (Å²) < 4.78 is 14.3. The minimum Gasteiger partial charge on any atom is -0.333 e. The molecule has 0 atom stereocenters. The van der Waals surface area contributed by atoms with Crippen molar-refractivity contribution >= 4 is 61.9 Å². The Morgan fingerprint density at radius 2 is 2.17 bits per heavy atom. The Balaban J connectivity index is 1.63. The summed E-state index contributed by atoms with van der Waals surface area (Å²) in [5.41, 5.74) is 1.73. The molecule has 0 fully saturated rings. The van der Waals surface area contributed by atoms with Crippen LogP contribution in [0.4, 0.5) is 10.1 Å². The predicted molar refractivity (Wildman–Crippen MR) is 94.6 cm³/mol. The van der Waals surface area contributed by atoms with Crippen molar-refractivity contribution in [2.75, 3.05) is 11.1 Å². The zero-order valence-corrected chi connectivity index (χ0v) is 14.7. The first kappa shape index (κ1) is 16.3. The Morgan fingerprint density at radius 1 is 1.35 bits per heavy atom. The van der Waals surface area contributed by atoms with Crippen LogP contribution in [0.1, 0.15) is 0 Å². The minimum absolute atomic E-state index is 0.114. The molecule has 2 N–H and O–H groups in total. The van der Waals surface area contributed by atoms with Crippen molar-refractivity contribution in [3.63, 3.8) is 0 Å². The number of carbonyl (C=O) groups is 1. The fourth-order valence-corrected chi connectivity index (χ4v) is 3.13. The summed E-state index contributed by atoms with van der Waals surface area (Å²) in [4.78, 5) is 19.4. The normalized spacial score (nSPS) is 10.9. The van der Waals surface area contributed by atoms with E-state index in [0.717, 1.165) is 11.0 Å². The van der Waals surface area contributed by atoms with E-state index in [2.05, 4.69) is 31.2 Å². The average molecular weight is 415 g/mol. The molecule has 0 radical (unpaired) electrons. The standard InChI is InChI=1S/C15H10BrClFN3OS/c16-8-1-3-11(10(18)5-8)19-14(22)7-23-15-20-12-4-2-9(17)6-13(12)21-15/h1-6H,7H2,(H,19,22)(H,20,21). The van der Waals surface area contributed by atoms with Crippen molar-refractivity contribution in [3.05, 3.63) is 51.7 Å². The maximum absolute atomic E-state index is 13.7. The molecule has 1 amide bonds. The monoisotopic (exact) mass is 413 g/mol. The number of hydrogen-bond donors (Lipinski definition) is 2. The molecular formula is C15H10BrClFN3OS. The molecule has 0 saturated heterocycles. The van der Waals surface area contributed by atoms with Crippen LogP contribution >= 0.6 is 39.3 Å². The third kappa shape index (κ3) is 4.04. The highest BCUT2D eigenvalue weighted by molar-refractivity contribution is 9.10. The summed E-state index contributed by atoms with van der Waals surface area (Å²) in [6.07, 6.45) is 0. The third-order valence-electron chi connectivity index (χ3n) is 2.97. The minimum atomic E-state index is -0.490. The van der Waals surface area contributed by atoms with Crippen LogP contribution < -0.4 is 5.32 Å². The number of nitrogens with one attached hydrogen (secondary N) is 2. The number of benzene rings is 2. The van der Waals surface area contributed by atoms with Gasteiger partial charge in [-0.15, -0.1) is 0 Å². The maximum atomic E-state index is 13.7. The van der Waals surface area contributed by atoms with Gasteiger partial charge in [-0.05, 0) is 36.4 Å². The van der Waals surface area contributed by atoms with Gasteiger partial charge in [-0.25, -0.2) is 9.37 Å². The Kier molecular flexibility index (Phi) is 4.89. The molecule has 0 saturated carbocycles. The number of nitrogens with zero attached hydrogens (tertiary/aromatic N) is 1. The number of aromatic nitrogens is 2. The molecule has 118 valence electrons. The number of carbonyl (C=O) groups excluding carboxylic acids is 1. The molecular weight excluding hydrogens is 405 g/mol. The van der Waals surface area contributed by atoms with Crippen LogP contribution in [0.5, 0.6) is 0 Å². The first-order valence-corrected chi connectivity index (χ1v) is 8.70. The number of thioether (sulfide) groups is 1. The Bertz CT molecular complexity index is 886. The zero-order chi connectivity index (χ0) is 16.4. The van der Waals surface area contributed by atoms with Gasteiger partial charge in [0.1, 0.15) is 5.82 Å². The van der Waals surface area contributed by atoms with Gasteiger partial charge < -0.3 is 10.3 Å². The predicted octanol–water partition coefficient (Wildman–Crippen LogP) is 4.85. The highest BCUT2D eigenvalue weighted by Crippen LogP contribution is 2.23. The third-order valence-corrected chi connectivity index (χ3v) is 4.57. The second kappa shape index (κ2) is 6.90. The number of anilines is 1. The van der Waals surface area contributed by atoms with Crippen LogP contribution in [0.15, 0.2) is 46.0 Å². The van der Waals surface area contributed by atoms with Crippen molar-refractivity contribution in [3.8, 4) is 0 Å². The van der Waals surface area contributed by atoms with Crippen LogP contribution in [0.2, 0.25) is 5.02 Å². The molecule has 0 unspecified atom stereocenters. The highest BCUT2D eigenvalue weighted by atomic mass is 79.9. The molecule has 1 aromatic heterocycles. The fraction of sp³-hybridized carbons (Fsp3) is 0.0667. The second-order valence-electron chi connectivity index (χ2n) is 4.66. The highest BCUT2D eigenvalue weighted by Gasteiger charge is 2.10. The van der Waals surface area contributed by atoms with Crippen molar-refractivity contribution in [2.45, 2.75) is 5.16 Å². The summed E-state index contributed by atoms with van der Waals surface area (Å²) in [5, 5.41) is 3.75. The van der Waals surface area contributed by atoms with Crippen LogP contribution in [-0.4, -0.2) is 21.6 Å². The van der Waals surface area contributed by atoms with Crippen LogP contribution in [-0.2, 0) is 4.79 Å². The van der Waals surface area contributed by atoms with E-state index in [0.29, 0.717) is 14.7 Å². The fourth-order valence-electron chi connectivity index (χ4n) is 1.94. The van der Waals surface area contributed by atoms with Crippen molar-refractivity contribution in [2.24, 2.45) is 0 Å². The van der Waals surface area contributed by atoms with Gasteiger partial charge in [0, 0.05) is 9.50 Å². The molecule has 3 rings (SSSR count). The number of amides is 1. The van der Waals surface area contributed by atoms with Crippen LogP contribution in [0.25, 0.3) is 11.0 Å². The molecule has 0 aliphatic carbocycles. The van der Waals surface area contributed by atoms with Gasteiger partial charge in [0.25, 0.3) is 0 Å². The lowest BCUT2D eigenvalue weighted by molar-refractivity contribution is -0.113. The molecule has 1 heterocycles. The lowest BCUT2D eigenvalue weighted by Crippen LogP contribution is -2.15. The lowest BCUT2D eigenvalue weighted by Gasteiger charge is -2.05. The zero-order valence-electron chi connectivity index (χ0n) is 11.6. The van der Waals surface area contributed by atoms with Gasteiger partial charge >= 0.3 is 0 Å². The van der Waals surface area contributed by atoms with E-state index in [1.807, 2.05) is 0 Å². The lowest BCUT2D eigenvalue weighted by atomic mass is 10.3. The number of rotatable bonds is 4. The quantitative estimate of drug-likeness (QED) is 0.600. The molecule has 2 aromatic carbocycles. The summed E-state index contributed by atoms with van der Waals surface area (Å²) in [7, 11) is 0. The molecule has 0 bridgehead atoms. The van der Waals surface area contributed by atoms with Crippen LogP contribution in [0, 0.1) is 5.82 Å². The van der Waals surface area contributed by atoms with E-state index in [1.165, 1.54) is 23.9 Å². The van der Waals surface area contributed by atoms with Crippen molar-refractivity contribution in [1.82, 2.24) is 9.97 Å². The molecule has 0 aliphatic heterocycles. The summed E-state index contributed by atoms with van der Waals surface area (Å²) >= 11 is 10.3. The summed E-state index contributed by atoms with van der Waals surface area (Å²) in [5.74, 6) is -0.686. The Morgan fingerprint density at radius 3 is 2.96 bits per heavy atom. The molecule has 8 heteroatoms. The van der Waals surface area contributed by atoms with Gasteiger partial charge in [0.05, 0.1) is 22.5 Å². The summed E-state index contributed by atoms with van der Waals surface area (Å²) in [6.45, 7) is 0. The average Bonchev–Trinajstić information content (AvgIpc) is 2.90. The van der Waals surface area contributed by atoms with E-state index >= 15 is 0 Å². The number of halogens is 3. The molecule has 0 spiro atoms. The number of imidazole rings is 1. The van der Waals surface area contributed by atoms with Crippen molar-refractivity contribution in [1.29, 1.82) is 0 Å². The first-order valence-electron chi connectivity index (χ1n) is 6.54. The largest absolute Gasteiger partial charge is 0.333 e. The van der Waals surface area contributed by atoms with Crippen molar-refractivity contribution < 1.29 is 9.18 Å². The number of aromatic amines is 1. The van der Waals surface area contributed by atoms with Gasteiger partial charge in [-0.1, -0.05) is 39.3 Å². The van der Waals surface area contributed by atoms with Gasteiger partial charge in [-0.2, -0.15) is 0 Å². The van der Waals surface area contributed by atoms with E-state index in [-0.39, 0.29) is 17.3 Å². The molecule has 4 nitrogen and oxygen atoms in total. The summed E-state index contributed by atoms with van der Waals surface area (Å²) in [6, 6.07) is 9.79. The molecule has 3 aromatic rings. The maximum Gasteiger partial charge on any atom is 0.234 e. The van der Waals surface area contributed by atoms with Gasteiger partial charge in [-0.3, -0.25) is 4.79 Å². The Hall–Kier alpha value is -1.57. The van der Waals surface area contributed by atoms with Gasteiger partial charge in [0.15, 0.2) is 5.16 Å². The first-order chi connectivity index (χ1) is 11.0. The molecule has 23 heavy (non-hydrogen) atoms. The van der Waals surface area contributed by atoms with E-state index in [9.17, 15) is 9.18 Å². The number of fused-ring (bicyclic) bond motifs is 1.